The second kappa shape index (κ2) is 28.6. The van der Waals surface area contributed by atoms with Gasteiger partial charge < -0.3 is 9.31 Å². The molecule has 1 aliphatic heterocycles. The molecular formula is C84H64BClF2N6O2. The van der Waals surface area contributed by atoms with Crippen LogP contribution < -0.4 is 5.46 Å². The summed E-state index contributed by atoms with van der Waals surface area (Å²) in [6.45, 7) is 8.17. The fraction of sp³-hybridized carbons (Fsp3) is 0.0714. The summed E-state index contributed by atoms with van der Waals surface area (Å²) in [5, 5.41) is 0.180. The lowest BCUT2D eigenvalue weighted by molar-refractivity contribution is 0.00578. The highest BCUT2D eigenvalue weighted by Crippen LogP contribution is 2.37. The van der Waals surface area contributed by atoms with Gasteiger partial charge in [-0.1, -0.05) is 291 Å². The maximum absolute atomic E-state index is 13.4. The lowest BCUT2D eigenvalue weighted by Crippen LogP contribution is -2.41. The molecule has 15 rings (SSSR count). The number of aromatic nitrogens is 6. The van der Waals surface area contributed by atoms with Crippen LogP contribution in [0.25, 0.3) is 124 Å². The Morgan fingerprint density at radius 3 is 0.646 bits per heavy atom. The van der Waals surface area contributed by atoms with Gasteiger partial charge in [-0.15, -0.1) is 0 Å². The highest BCUT2D eigenvalue weighted by molar-refractivity contribution is 6.62. The summed E-state index contributed by atoms with van der Waals surface area (Å²) in [5.41, 5.74) is 18.0. The monoisotopic (exact) mass is 1270 g/mol. The fourth-order valence-corrected chi connectivity index (χ4v) is 11.2. The maximum Gasteiger partial charge on any atom is 0.494 e. The largest absolute Gasteiger partial charge is 0.494 e. The van der Waals surface area contributed by atoms with Crippen LogP contribution in [0.4, 0.5) is 8.78 Å². The number of hydrogen-bond donors (Lipinski definition) is 0. The summed E-state index contributed by atoms with van der Waals surface area (Å²) in [5.74, 6) is 2.44. The molecule has 1 saturated heterocycles. The van der Waals surface area contributed by atoms with Gasteiger partial charge in [0.05, 0.1) is 11.2 Å². The van der Waals surface area contributed by atoms with E-state index in [1.54, 1.807) is 24.3 Å². The Bertz CT molecular complexity index is 4670. The molecule has 0 bridgehead atoms. The van der Waals surface area contributed by atoms with Gasteiger partial charge in [-0.25, -0.2) is 28.7 Å². The van der Waals surface area contributed by atoms with Crippen LogP contribution in [-0.4, -0.2) is 48.2 Å². The average molecular weight is 1270 g/mol. The molecule has 1 aliphatic rings. The molecule has 0 aliphatic carbocycles. The van der Waals surface area contributed by atoms with E-state index in [-0.39, 0.29) is 35.2 Å². The standard InChI is InChI=1S/C39H26FN3.C27H18ClN3.C18H20BFO2/c40-36-25-23-32(24-26-36)31-15-21-35(22-16-31)39-42-37(33-17-11-29(12-18-33)27-7-3-1-4-8-27)41-38(43-39)34-19-13-30(14-20-34)28-9-5-2-6-10-28;28-27-30-25(23-15-11-21(12-16-23)19-7-3-1-4-8-19)29-26(31-27)24-17-13-22(14-18-24)20-9-5-2-6-10-20;1-17(2)18(3,4)22-19(21-17)15-9-5-13(6-10-15)14-7-11-16(20)12-8-14/h1-26H;1-18H;5-12H,1-4H3. The summed E-state index contributed by atoms with van der Waals surface area (Å²) in [7, 11) is -0.354. The van der Waals surface area contributed by atoms with E-state index >= 15 is 0 Å². The Morgan fingerprint density at radius 2 is 0.417 bits per heavy atom. The molecular weight excluding hydrogens is 1210 g/mol. The van der Waals surface area contributed by atoms with E-state index in [2.05, 4.69) is 136 Å². The third-order valence-corrected chi connectivity index (χ3v) is 17.3. The summed E-state index contributed by atoms with van der Waals surface area (Å²) in [4.78, 5) is 28.1. The number of benzene rings is 12. The van der Waals surface area contributed by atoms with Gasteiger partial charge in [-0.2, -0.15) is 9.97 Å². The maximum atomic E-state index is 13.4. The molecule has 3 heterocycles. The van der Waals surface area contributed by atoms with Gasteiger partial charge in [0.25, 0.3) is 0 Å². The second-order valence-corrected chi connectivity index (χ2v) is 24.5. The van der Waals surface area contributed by atoms with Gasteiger partial charge in [0, 0.05) is 27.8 Å². The minimum Gasteiger partial charge on any atom is -0.399 e. The topological polar surface area (TPSA) is 95.8 Å². The minimum absolute atomic E-state index is 0.180. The lowest BCUT2D eigenvalue weighted by atomic mass is 9.78. The number of hydrogen-bond acceptors (Lipinski definition) is 8. The molecule has 12 heteroatoms. The van der Waals surface area contributed by atoms with Crippen molar-refractivity contribution in [2.45, 2.75) is 38.9 Å². The molecule has 0 spiro atoms. The highest BCUT2D eigenvalue weighted by atomic mass is 35.5. The van der Waals surface area contributed by atoms with Crippen molar-refractivity contribution in [1.82, 2.24) is 29.9 Å². The summed E-state index contributed by atoms with van der Waals surface area (Å²) < 4.78 is 38.5. The molecule has 0 saturated carbocycles. The predicted molar refractivity (Wildman–Crippen MR) is 387 cm³/mol. The zero-order chi connectivity index (χ0) is 66.0. The first-order valence-corrected chi connectivity index (χ1v) is 32.0. The molecule has 96 heavy (non-hydrogen) atoms. The number of rotatable bonds is 12. The summed E-state index contributed by atoms with van der Waals surface area (Å²) in [6.07, 6.45) is 0. The van der Waals surface area contributed by atoms with E-state index in [0.717, 1.165) is 88.9 Å². The van der Waals surface area contributed by atoms with E-state index in [1.807, 2.05) is 173 Å². The summed E-state index contributed by atoms with van der Waals surface area (Å²) in [6, 6.07) is 103. The van der Waals surface area contributed by atoms with E-state index in [1.165, 1.54) is 35.4 Å². The van der Waals surface area contributed by atoms with Crippen molar-refractivity contribution in [2.24, 2.45) is 0 Å². The minimum atomic E-state index is -0.354. The molecule has 1 fully saturated rings. The van der Waals surface area contributed by atoms with Crippen molar-refractivity contribution in [3.63, 3.8) is 0 Å². The Labute approximate surface area is 563 Å². The third-order valence-electron chi connectivity index (χ3n) is 17.2. The number of halogens is 3. The van der Waals surface area contributed by atoms with Crippen molar-refractivity contribution < 1.29 is 18.1 Å². The van der Waals surface area contributed by atoms with Crippen molar-refractivity contribution in [2.75, 3.05) is 0 Å². The van der Waals surface area contributed by atoms with Crippen molar-refractivity contribution in [3.05, 3.63) is 332 Å². The highest BCUT2D eigenvalue weighted by Gasteiger charge is 2.51. The van der Waals surface area contributed by atoms with Crippen molar-refractivity contribution in [1.29, 1.82) is 0 Å². The zero-order valence-corrected chi connectivity index (χ0v) is 54.0. The van der Waals surface area contributed by atoms with Crippen LogP contribution in [-0.2, 0) is 9.31 Å². The lowest BCUT2D eigenvalue weighted by Gasteiger charge is -2.32. The first kappa shape index (κ1) is 63.5. The Hall–Kier alpha value is -11.2. The van der Waals surface area contributed by atoms with E-state index in [4.69, 9.17) is 35.9 Å². The van der Waals surface area contributed by atoms with Crippen LogP contribution in [0.5, 0.6) is 0 Å². The van der Waals surface area contributed by atoms with Crippen LogP contribution >= 0.6 is 11.6 Å². The molecule has 14 aromatic rings. The van der Waals surface area contributed by atoms with E-state index in [0.29, 0.717) is 29.1 Å². The van der Waals surface area contributed by atoms with Crippen LogP contribution in [0.2, 0.25) is 5.28 Å². The second-order valence-electron chi connectivity index (χ2n) is 24.1. The van der Waals surface area contributed by atoms with Crippen LogP contribution in [0, 0.1) is 11.6 Å². The van der Waals surface area contributed by atoms with Crippen LogP contribution in [0.3, 0.4) is 0 Å². The first-order valence-electron chi connectivity index (χ1n) is 31.6. The summed E-state index contributed by atoms with van der Waals surface area (Å²) >= 11 is 6.24. The Kier molecular flexibility index (Phi) is 18.9. The molecule has 2 aromatic heterocycles. The molecule has 0 unspecified atom stereocenters. The van der Waals surface area contributed by atoms with Gasteiger partial charge >= 0.3 is 7.12 Å². The Balaban J connectivity index is 0.000000138. The average Bonchev–Trinajstić information content (AvgIpc) is 1.53. The Morgan fingerprint density at radius 1 is 0.240 bits per heavy atom. The van der Waals surface area contributed by atoms with Crippen LogP contribution in [0.1, 0.15) is 27.7 Å². The first-order chi connectivity index (χ1) is 46.7. The van der Waals surface area contributed by atoms with E-state index in [9.17, 15) is 8.78 Å². The molecule has 8 nitrogen and oxygen atoms in total. The molecule has 0 radical (unpaired) electrons. The molecule has 0 amide bonds. The molecule has 0 N–H and O–H groups in total. The molecule has 466 valence electrons. The normalized spacial score (nSPS) is 12.8. The predicted octanol–water partition coefficient (Wildman–Crippen LogP) is 21.0. The molecule has 0 atom stereocenters. The third kappa shape index (κ3) is 15.1. The fourth-order valence-electron chi connectivity index (χ4n) is 11.0. The van der Waals surface area contributed by atoms with Gasteiger partial charge in [-0.3, -0.25) is 0 Å². The van der Waals surface area contributed by atoms with Crippen LogP contribution in [0.15, 0.2) is 315 Å². The van der Waals surface area contributed by atoms with Crippen molar-refractivity contribution >= 4 is 24.2 Å². The smallest absolute Gasteiger partial charge is 0.399 e. The zero-order valence-electron chi connectivity index (χ0n) is 53.2. The van der Waals surface area contributed by atoms with Gasteiger partial charge in [0.15, 0.2) is 29.1 Å². The van der Waals surface area contributed by atoms with Gasteiger partial charge in [0.1, 0.15) is 11.6 Å². The molecule has 12 aromatic carbocycles. The SMILES string of the molecule is CC1(C)OB(c2ccc(-c3ccc(F)cc3)cc2)OC1(C)C.Clc1nc(-c2ccc(-c3ccccc3)cc2)nc(-c2ccc(-c3ccccc3)cc2)n1.Fc1ccc(-c2ccc(-c3nc(-c4ccc(-c5ccccc5)cc4)nc(-c4ccc(-c5ccccc5)cc4)n3)cc2)cc1. The van der Waals surface area contributed by atoms with Gasteiger partial charge in [0.2, 0.25) is 5.28 Å². The quantitative estimate of drug-likeness (QED) is 0.112. The van der Waals surface area contributed by atoms with Crippen molar-refractivity contribution in [3.8, 4) is 124 Å². The van der Waals surface area contributed by atoms with E-state index < -0.39 is 0 Å². The van der Waals surface area contributed by atoms with Gasteiger partial charge in [-0.05, 0) is 136 Å². The number of nitrogens with zero attached hydrogens (tertiary/aromatic N) is 6.